The van der Waals surface area contributed by atoms with Crippen LogP contribution >= 0.6 is 0 Å². The van der Waals surface area contributed by atoms with Crippen molar-refractivity contribution >= 4 is 28.3 Å². The number of nitrogen functional groups attached to an aromatic ring is 1. The van der Waals surface area contributed by atoms with Crippen LogP contribution in [0.5, 0.6) is 0 Å². The van der Waals surface area contributed by atoms with Gasteiger partial charge in [-0.3, -0.25) is 9.36 Å². The van der Waals surface area contributed by atoms with Gasteiger partial charge in [0.1, 0.15) is 0 Å². The van der Waals surface area contributed by atoms with Crippen LogP contribution in [-0.2, 0) is 6.54 Å². The van der Waals surface area contributed by atoms with E-state index < -0.39 is 0 Å². The summed E-state index contributed by atoms with van der Waals surface area (Å²) in [5.74, 6) is 0.421. The normalized spacial score (nSPS) is 11.7. The van der Waals surface area contributed by atoms with Crippen molar-refractivity contribution in [2.75, 3.05) is 11.2 Å². The molecule has 0 unspecified atom stereocenters. The summed E-state index contributed by atoms with van der Waals surface area (Å²) in [5, 5.41) is 4.95. The minimum Gasteiger partial charge on any atom is -0.399 e. The van der Waals surface area contributed by atoms with E-state index in [0.29, 0.717) is 29.1 Å². The van der Waals surface area contributed by atoms with E-state index in [0.717, 1.165) is 11.3 Å². The highest BCUT2D eigenvalue weighted by Gasteiger charge is 2.09. The molecule has 3 aromatic rings. The molecule has 1 heterocycles. The molecule has 0 spiro atoms. The van der Waals surface area contributed by atoms with E-state index >= 15 is 0 Å². The molecular formula is C18H19N5O. The van der Waals surface area contributed by atoms with Gasteiger partial charge in [-0.2, -0.15) is 5.10 Å². The SMILES string of the molecule is CCn1c(N/N=C(/C)c2cccc(N)c2)nc2ccccc2c1=O. The zero-order valence-corrected chi connectivity index (χ0v) is 13.7. The Hall–Kier alpha value is -3.15. The Morgan fingerprint density at radius 2 is 2.04 bits per heavy atom. The predicted octanol–water partition coefficient (Wildman–Crippen LogP) is 2.83. The monoisotopic (exact) mass is 321 g/mol. The highest BCUT2D eigenvalue weighted by atomic mass is 16.1. The minimum absolute atomic E-state index is 0.0811. The number of para-hydroxylation sites is 1. The first kappa shape index (κ1) is 15.7. The predicted molar refractivity (Wildman–Crippen MR) is 98.4 cm³/mol. The molecule has 0 saturated carbocycles. The number of nitrogens with zero attached hydrogens (tertiary/aromatic N) is 3. The van der Waals surface area contributed by atoms with Gasteiger partial charge in [0.25, 0.3) is 5.56 Å². The first-order valence-corrected chi connectivity index (χ1v) is 7.76. The van der Waals surface area contributed by atoms with Crippen molar-refractivity contribution in [1.82, 2.24) is 9.55 Å². The second kappa shape index (κ2) is 6.54. The number of hydrogen-bond donors (Lipinski definition) is 2. The summed E-state index contributed by atoms with van der Waals surface area (Å²) >= 11 is 0. The number of nitrogens with two attached hydrogens (primary N) is 1. The molecule has 24 heavy (non-hydrogen) atoms. The average molecular weight is 321 g/mol. The smallest absolute Gasteiger partial charge is 0.262 e. The van der Waals surface area contributed by atoms with Gasteiger partial charge in [0.05, 0.1) is 16.6 Å². The Morgan fingerprint density at radius 1 is 1.25 bits per heavy atom. The van der Waals surface area contributed by atoms with Gasteiger partial charge in [-0.1, -0.05) is 24.3 Å². The minimum atomic E-state index is -0.0811. The Labute approximate surface area is 139 Å². The van der Waals surface area contributed by atoms with Crippen LogP contribution in [0.1, 0.15) is 19.4 Å². The summed E-state index contributed by atoms with van der Waals surface area (Å²) in [5.41, 5.74) is 11.6. The second-order valence-electron chi connectivity index (χ2n) is 5.44. The standard InChI is InChI=1S/C18H19N5O/c1-3-23-17(24)15-9-4-5-10-16(15)20-18(23)22-21-12(2)13-7-6-8-14(19)11-13/h4-11H,3,19H2,1-2H3,(H,20,22)/b21-12-. The highest BCUT2D eigenvalue weighted by molar-refractivity contribution is 5.99. The zero-order valence-electron chi connectivity index (χ0n) is 13.7. The van der Waals surface area contributed by atoms with E-state index in [1.165, 1.54) is 0 Å². The number of fused-ring (bicyclic) bond motifs is 1. The Kier molecular flexibility index (Phi) is 4.29. The Morgan fingerprint density at radius 3 is 2.79 bits per heavy atom. The maximum absolute atomic E-state index is 12.6. The summed E-state index contributed by atoms with van der Waals surface area (Å²) in [4.78, 5) is 17.1. The summed E-state index contributed by atoms with van der Waals surface area (Å²) in [7, 11) is 0. The second-order valence-corrected chi connectivity index (χ2v) is 5.44. The topological polar surface area (TPSA) is 85.3 Å². The number of hydrazone groups is 1. The lowest BCUT2D eigenvalue weighted by Crippen LogP contribution is -2.23. The van der Waals surface area contributed by atoms with Crippen molar-refractivity contribution in [3.05, 3.63) is 64.4 Å². The number of hydrogen-bond acceptors (Lipinski definition) is 5. The van der Waals surface area contributed by atoms with E-state index in [2.05, 4.69) is 15.5 Å². The fourth-order valence-electron chi connectivity index (χ4n) is 2.51. The van der Waals surface area contributed by atoms with Crippen molar-refractivity contribution in [2.24, 2.45) is 5.10 Å². The molecule has 0 aliphatic carbocycles. The van der Waals surface area contributed by atoms with E-state index in [9.17, 15) is 4.79 Å². The van der Waals surface area contributed by atoms with Crippen LogP contribution in [0.4, 0.5) is 11.6 Å². The molecular weight excluding hydrogens is 302 g/mol. The number of benzene rings is 2. The van der Waals surface area contributed by atoms with E-state index in [1.807, 2.05) is 56.3 Å². The van der Waals surface area contributed by atoms with Crippen molar-refractivity contribution in [2.45, 2.75) is 20.4 Å². The van der Waals surface area contributed by atoms with Crippen LogP contribution in [0, 0.1) is 0 Å². The van der Waals surface area contributed by atoms with Crippen LogP contribution < -0.4 is 16.7 Å². The molecule has 0 bridgehead atoms. The number of aromatic nitrogens is 2. The van der Waals surface area contributed by atoms with E-state index in [-0.39, 0.29) is 5.56 Å². The summed E-state index contributed by atoms with van der Waals surface area (Å²) in [6, 6.07) is 14.8. The molecule has 122 valence electrons. The van der Waals surface area contributed by atoms with Gasteiger partial charge in [-0.05, 0) is 43.7 Å². The maximum atomic E-state index is 12.6. The fraction of sp³-hybridized carbons (Fsp3) is 0.167. The Bertz CT molecular complexity index is 975. The van der Waals surface area contributed by atoms with E-state index in [4.69, 9.17) is 5.73 Å². The van der Waals surface area contributed by atoms with Crippen molar-refractivity contribution in [1.29, 1.82) is 0 Å². The van der Waals surface area contributed by atoms with Crippen molar-refractivity contribution in [3.8, 4) is 0 Å². The molecule has 0 radical (unpaired) electrons. The average Bonchev–Trinajstić information content (AvgIpc) is 2.60. The third-order valence-electron chi connectivity index (χ3n) is 3.81. The zero-order chi connectivity index (χ0) is 17.1. The molecule has 0 fully saturated rings. The van der Waals surface area contributed by atoms with Crippen molar-refractivity contribution in [3.63, 3.8) is 0 Å². The summed E-state index contributed by atoms with van der Waals surface area (Å²) < 4.78 is 1.57. The van der Waals surface area contributed by atoms with Gasteiger partial charge >= 0.3 is 0 Å². The van der Waals surface area contributed by atoms with Crippen molar-refractivity contribution < 1.29 is 0 Å². The van der Waals surface area contributed by atoms with Crippen LogP contribution in [0.15, 0.2) is 58.4 Å². The maximum Gasteiger partial charge on any atom is 0.262 e. The lowest BCUT2D eigenvalue weighted by Gasteiger charge is -2.11. The van der Waals surface area contributed by atoms with Gasteiger partial charge < -0.3 is 5.73 Å². The molecule has 2 aromatic carbocycles. The quantitative estimate of drug-likeness (QED) is 0.439. The van der Waals surface area contributed by atoms with Crippen LogP contribution in [-0.4, -0.2) is 15.3 Å². The van der Waals surface area contributed by atoms with Gasteiger partial charge in [0.15, 0.2) is 0 Å². The third kappa shape index (κ3) is 2.99. The third-order valence-corrected chi connectivity index (χ3v) is 3.81. The van der Waals surface area contributed by atoms with Crippen LogP contribution in [0.3, 0.4) is 0 Å². The lowest BCUT2D eigenvalue weighted by atomic mass is 10.1. The first-order chi connectivity index (χ1) is 11.6. The van der Waals surface area contributed by atoms with Gasteiger partial charge in [0.2, 0.25) is 5.95 Å². The van der Waals surface area contributed by atoms with Gasteiger partial charge in [0, 0.05) is 12.2 Å². The fourth-order valence-corrected chi connectivity index (χ4v) is 2.51. The van der Waals surface area contributed by atoms with Crippen LogP contribution in [0.2, 0.25) is 0 Å². The number of rotatable bonds is 4. The molecule has 0 aliphatic heterocycles. The molecule has 0 saturated heterocycles. The van der Waals surface area contributed by atoms with Gasteiger partial charge in [-0.15, -0.1) is 0 Å². The van der Waals surface area contributed by atoms with Gasteiger partial charge in [-0.25, -0.2) is 10.4 Å². The largest absolute Gasteiger partial charge is 0.399 e. The number of nitrogens with one attached hydrogen (secondary N) is 1. The Balaban J connectivity index is 2.00. The number of anilines is 2. The molecule has 0 amide bonds. The summed E-state index contributed by atoms with van der Waals surface area (Å²) in [6.45, 7) is 4.28. The lowest BCUT2D eigenvalue weighted by molar-refractivity contribution is 0.724. The molecule has 1 aromatic heterocycles. The molecule has 0 aliphatic rings. The molecule has 3 N–H and O–H groups in total. The highest BCUT2D eigenvalue weighted by Crippen LogP contribution is 2.12. The van der Waals surface area contributed by atoms with Crippen LogP contribution in [0.25, 0.3) is 10.9 Å². The first-order valence-electron chi connectivity index (χ1n) is 7.76. The summed E-state index contributed by atoms with van der Waals surface area (Å²) in [6.07, 6.45) is 0. The molecule has 3 rings (SSSR count). The molecule has 6 heteroatoms. The molecule has 6 nitrogen and oxygen atoms in total. The molecule has 0 atom stereocenters. The van der Waals surface area contributed by atoms with E-state index in [1.54, 1.807) is 10.6 Å².